The number of halogens is 4. The van der Waals surface area contributed by atoms with E-state index < -0.39 is 35.1 Å². The first-order valence-corrected chi connectivity index (χ1v) is 15.5. The minimum absolute atomic E-state index is 0.118. The van der Waals surface area contributed by atoms with Crippen molar-refractivity contribution in [3.05, 3.63) is 64.2 Å². The van der Waals surface area contributed by atoms with Gasteiger partial charge in [-0.2, -0.15) is 14.4 Å². The number of piperidine rings is 1. The lowest BCUT2D eigenvalue weighted by molar-refractivity contribution is -0.384. The van der Waals surface area contributed by atoms with Crippen LogP contribution in [0.5, 0.6) is 5.88 Å². The zero-order chi connectivity index (χ0) is 33.9. The first-order chi connectivity index (χ1) is 23.1. The number of hydrogen-bond donors (Lipinski definition) is 1. The number of nitro groups is 1. The number of alkyl halides is 3. The molecule has 0 spiro atoms. The van der Waals surface area contributed by atoms with Crippen LogP contribution in [0.15, 0.2) is 42.7 Å². The first-order valence-electron chi connectivity index (χ1n) is 15.5. The predicted octanol–water partition coefficient (Wildman–Crippen LogP) is 4.91. The van der Waals surface area contributed by atoms with Crippen LogP contribution in [-0.2, 0) is 11.3 Å². The Labute approximate surface area is 273 Å². The van der Waals surface area contributed by atoms with Crippen LogP contribution < -0.4 is 15.0 Å². The zero-order valence-corrected chi connectivity index (χ0v) is 26.4. The van der Waals surface area contributed by atoms with Gasteiger partial charge in [0.2, 0.25) is 17.6 Å². The Balaban J connectivity index is 1.33. The van der Waals surface area contributed by atoms with Gasteiger partial charge >= 0.3 is 12.1 Å². The van der Waals surface area contributed by atoms with Crippen molar-refractivity contribution >= 4 is 34.0 Å². The van der Waals surface area contributed by atoms with Crippen LogP contribution in [0.2, 0.25) is 0 Å². The highest BCUT2D eigenvalue weighted by atomic mass is 19.3. The Kier molecular flexibility index (Phi) is 9.88. The second-order valence-electron chi connectivity index (χ2n) is 11.9. The van der Waals surface area contributed by atoms with Gasteiger partial charge in [0.25, 0.3) is 6.36 Å². The minimum atomic E-state index is -3.50. The number of pyridine rings is 1. The van der Waals surface area contributed by atoms with Gasteiger partial charge in [-0.15, -0.1) is 0 Å². The highest BCUT2D eigenvalue weighted by Crippen LogP contribution is 2.38. The van der Waals surface area contributed by atoms with E-state index >= 15 is 0 Å². The van der Waals surface area contributed by atoms with Crippen molar-refractivity contribution < 1.29 is 32.0 Å². The van der Waals surface area contributed by atoms with Gasteiger partial charge < -0.3 is 29.2 Å². The van der Waals surface area contributed by atoms with Crippen molar-refractivity contribution in [2.24, 2.45) is 0 Å². The van der Waals surface area contributed by atoms with Gasteiger partial charge in [-0.25, -0.2) is 18.2 Å². The van der Waals surface area contributed by atoms with Crippen molar-refractivity contribution in [3.63, 3.8) is 0 Å². The molecule has 1 aromatic carbocycles. The molecule has 1 N–H and O–H groups in total. The van der Waals surface area contributed by atoms with E-state index in [-0.39, 0.29) is 23.5 Å². The zero-order valence-electron chi connectivity index (χ0n) is 26.4. The summed E-state index contributed by atoms with van der Waals surface area (Å²) in [4.78, 5) is 30.5. The van der Waals surface area contributed by atoms with Gasteiger partial charge in [0.1, 0.15) is 17.3 Å². The van der Waals surface area contributed by atoms with Gasteiger partial charge in [-0.3, -0.25) is 15.0 Å². The highest BCUT2D eigenvalue weighted by Gasteiger charge is 2.33. The maximum atomic E-state index is 14.3. The normalized spacial score (nSPS) is 17.0. The molecule has 1 unspecified atom stereocenters. The molecule has 5 heterocycles. The van der Waals surface area contributed by atoms with E-state index in [9.17, 15) is 27.7 Å². The standard InChI is InChI=1S/C31H35F4N9O4/c1-40(2)17-19-18-43(24-15-20(32)3-4-22(19)24)26-5-8-36-31(38-26)37-23-16-25(44(45)46)29(39-30(23)48-28(35)27(33)34)42-9-6-21(7-10-42)41-11-13-47-14-12-41/h3-5,8,15-16,18,21,27-28H,6-7,9-14,17H2,1-2H3,(H,36,37,38). The lowest BCUT2D eigenvalue weighted by Gasteiger charge is -2.40. The molecular weight excluding hydrogens is 638 g/mol. The van der Waals surface area contributed by atoms with Gasteiger partial charge in [0.15, 0.2) is 0 Å². The maximum Gasteiger partial charge on any atom is 0.313 e. The molecule has 2 aliphatic heterocycles. The molecule has 256 valence electrons. The van der Waals surface area contributed by atoms with Gasteiger partial charge in [-0.1, -0.05) is 0 Å². The second-order valence-corrected chi connectivity index (χ2v) is 11.9. The minimum Gasteiger partial charge on any atom is -0.435 e. The Morgan fingerprint density at radius 1 is 1.10 bits per heavy atom. The fourth-order valence-corrected chi connectivity index (χ4v) is 6.16. The van der Waals surface area contributed by atoms with E-state index in [0.29, 0.717) is 57.0 Å². The number of fused-ring (bicyclic) bond motifs is 1. The number of nitrogens with one attached hydrogen (secondary N) is 1. The van der Waals surface area contributed by atoms with Gasteiger partial charge in [0, 0.05) is 62.6 Å². The number of hydrogen-bond acceptors (Lipinski definition) is 11. The highest BCUT2D eigenvalue weighted by molar-refractivity contribution is 5.85. The van der Waals surface area contributed by atoms with Gasteiger partial charge in [-0.05, 0) is 56.8 Å². The molecule has 2 aliphatic rings. The molecule has 0 radical (unpaired) electrons. The molecular formula is C31H35F4N9O4. The van der Waals surface area contributed by atoms with Crippen LogP contribution in [0.1, 0.15) is 18.4 Å². The average Bonchev–Trinajstić information content (AvgIpc) is 3.42. The summed E-state index contributed by atoms with van der Waals surface area (Å²) >= 11 is 0. The molecule has 4 aromatic rings. The van der Waals surface area contributed by atoms with Crippen LogP contribution >= 0.6 is 0 Å². The van der Waals surface area contributed by atoms with Crippen molar-refractivity contribution in [1.82, 2.24) is 29.3 Å². The summed E-state index contributed by atoms with van der Waals surface area (Å²) in [5.41, 5.74) is 0.727. The third-order valence-corrected chi connectivity index (χ3v) is 8.36. The number of nitrogens with zero attached hydrogens (tertiary/aromatic N) is 8. The third-order valence-electron chi connectivity index (χ3n) is 8.36. The van der Waals surface area contributed by atoms with Crippen LogP contribution in [0.25, 0.3) is 16.7 Å². The number of anilines is 3. The molecule has 17 heteroatoms. The Morgan fingerprint density at radius 3 is 2.54 bits per heavy atom. The SMILES string of the molecule is CN(C)Cc1cn(-c2ccnc(Nc3cc([N+](=O)[O-])c(N4CCC(N5CCOCC5)CC4)nc3OC(F)C(F)F)n2)c2cc(F)ccc12. The fourth-order valence-electron chi connectivity index (χ4n) is 6.16. The van der Waals surface area contributed by atoms with Crippen molar-refractivity contribution in [2.45, 2.75) is 38.2 Å². The molecule has 3 aromatic heterocycles. The van der Waals surface area contributed by atoms with E-state index in [1.54, 1.807) is 21.6 Å². The van der Waals surface area contributed by atoms with E-state index in [4.69, 9.17) is 9.47 Å². The van der Waals surface area contributed by atoms with Crippen molar-refractivity contribution in [3.8, 4) is 11.7 Å². The topological polar surface area (TPSA) is 127 Å². The number of aromatic nitrogens is 4. The molecule has 0 bridgehead atoms. The maximum absolute atomic E-state index is 14.3. The van der Waals surface area contributed by atoms with E-state index in [0.717, 1.165) is 30.1 Å². The number of ether oxygens (including phenoxy) is 2. The van der Waals surface area contributed by atoms with Crippen LogP contribution in [0.4, 0.5) is 40.7 Å². The van der Waals surface area contributed by atoms with Crippen LogP contribution in [-0.4, -0.2) is 107 Å². The Hall–Kier alpha value is -4.61. The molecule has 1 atom stereocenters. The molecule has 48 heavy (non-hydrogen) atoms. The van der Waals surface area contributed by atoms with Gasteiger partial charge in [0.05, 0.1) is 23.7 Å². The number of benzene rings is 1. The van der Waals surface area contributed by atoms with Crippen molar-refractivity contribution in [1.29, 1.82) is 0 Å². The summed E-state index contributed by atoms with van der Waals surface area (Å²) in [6.07, 6.45) is -1.97. The summed E-state index contributed by atoms with van der Waals surface area (Å²) in [5, 5.41) is 15.8. The summed E-state index contributed by atoms with van der Waals surface area (Å²) in [7, 11) is 3.81. The largest absolute Gasteiger partial charge is 0.435 e. The summed E-state index contributed by atoms with van der Waals surface area (Å²) < 4.78 is 67.2. The second kappa shape index (κ2) is 14.2. The molecule has 0 aliphatic carbocycles. The molecule has 0 saturated carbocycles. The summed E-state index contributed by atoms with van der Waals surface area (Å²) in [6, 6.07) is 7.30. The Bertz CT molecular complexity index is 1760. The fraction of sp³-hybridized carbons (Fsp3) is 0.452. The van der Waals surface area contributed by atoms with Crippen molar-refractivity contribution in [2.75, 3.05) is 63.7 Å². The summed E-state index contributed by atoms with van der Waals surface area (Å²) in [5.74, 6) is -0.988. The molecule has 13 nitrogen and oxygen atoms in total. The summed E-state index contributed by atoms with van der Waals surface area (Å²) in [6.45, 7) is 4.25. The van der Waals surface area contributed by atoms with Crippen LogP contribution in [0, 0.1) is 15.9 Å². The van der Waals surface area contributed by atoms with E-state index in [1.807, 2.05) is 25.2 Å². The number of morpholine rings is 1. The first kappa shape index (κ1) is 33.3. The van der Waals surface area contributed by atoms with E-state index in [1.165, 1.54) is 18.3 Å². The monoisotopic (exact) mass is 673 g/mol. The lowest BCUT2D eigenvalue weighted by Crippen LogP contribution is -2.49. The molecule has 2 fully saturated rings. The lowest BCUT2D eigenvalue weighted by atomic mass is 10.0. The number of rotatable bonds is 11. The quantitative estimate of drug-likeness (QED) is 0.133. The molecule has 2 saturated heterocycles. The third kappa shape index (κ3) is 7.27. The smallest absolute Gasteiger partial charge is 0.313 e. The predicted molar refractivity (Wildman–Crippen MR) is 170 cm³/mol. The van der Waals surface area contributed by atoms with E-state index in [2.05, 4.69) is 25.2 Å². The molecule has 0 amide bonds. The average molecular weight is 674 g/mol. The van der Waals surface area contributed by atoms with Crippen LogP contribution in [0.3, 0.4) is 0 Å². The Morgan fingerprint density at radius 2 is 1.85 bits per heavy atom. The molecule has 6 rings (SSSR count).